The highest BCUT2D eigenvalue weighted by Gasteiger charge is 2.33. The molecule has 0 radical (unpaired) electrons. The van der Waals surface area contributed by atoms with Gasteiger partial charge in [0.15, 0.2) is 11.6 Å². The number of carbonyl (C=O) groups is 6. The Balaban J connectivity index is 1.25. The zero-order valence-corrected chi connectivity index (χ0v) is 38.3. The molecule has 24 heteroatoms. The van der Waals surface area contributed by atoms with Crippen LogP contribution in [-0.4, -0.2) is 47.3 Å². The molecular formula is C44H32Cl4F6N8O6. The van der Waals surface area contributed by atoms with E-state index in [9.17, 15) is 55.1 Å². The molecule has 0 aromatic heterocycles. The normalized spacial score (nSPS) is 12.7. The summed E-state index contributed by atoms with van der Waals surface area (Å²) in [6, 6.07) is 11.7. The van der Waals surface area contributed by atoms with Gasteiger partial charge in [-0.15, -0.1) is 0 Å². The molecule has 4 amide bonds. The average Bonchev–Trinajstić information content (AvgIpc) is 3.23. The number of amides is 4. The number of aryl methyl sites for hydroxylation is 2. The predicted molar refractivity (Wildman–Crippen MR) is 243 cm³/mol. The summed E-state index contributed by atoms with van der Waals surface area (Å²) in [6.07, 6.45) is -9.34. The van der Waals surface area contributed by atoms with Crippen LogP contribution in [0.2, 0.25) is 20.1 Å². The molecule has 2 unspecified atom stereocenters. The Morgan fingerprint density at radius 2 is 0.882 bits per heavy atom. The molecule has 14 nitrogen and oxygen atoms in total. The number of hydrogen-bond donors (Lipinski definition) is 4. The van der Waals surface area contributed by atoms with Crippen LogP contribution in [0, 0.1) is 13.8 Å². The molecule has 2 atom stereocenters. The third kappa shape index (κ3) is 13.2. The molecule has 0 aliphatic carbocycles. The van der Waals surface area contributed by atoms with Crippen LogP contribution in [-0.2, 0) is 31.5 Å². The van der Waals surface area contributed by atoms with Crippen molar-refractivity contribution >= 4 is 116 Å². The maximum atomic E-state index is 13.4. The molecule has 0 aliphatic heterocycles. The predicted octanol–water partition coefficient (Wildman–Crippen LogP) is 12.8. The van der Waals surface area contributed by atoms with E-state index in [0.29, 0.717) is 23.3 Å². The van der Waals surface area contributed by atoms with Crippen molar-refractivity contribution in [3.8, 4) is 0 Å². The van der Waals surface area contributed by atoms with Gasteiger partial charge in [-0.25, -0.2) is 0 Å². The molecule has 354 valence electrons. The zero-order chi connectivity index (χ0) is 50.4. The third-order valence-electron chi connectivity index (χ3n) is 9.37. The van der Waals surface area contributed by atoms with Crippen molar-refractivity contribution in [2.45, 2.75) is 52.1 Å². The summed E-state index contributed by atoms with van der Waals surface area (Å²) >= 11 is 24.3. The SMILES string of the molecule is CC(=O)C(N=Nc1ccc(Cl)c(C(=O)Nc2ccc(C(F)(F)F)cc2Cl)c1)C(=O)Nc1cc(C)c(NC(=O)C(N=Nc2ccc(Cl)c(C(=O)Nc3ccc(C(F)(F)F)cc3Cl)c2)C(C)=O)c(C)c1. The Morgan fingerprint density at radius 1 is 0.500 bits per heavy atom. The summed E-state index contributed by atoms with van der Waals surface area (Å²) in [5.41, 5.74) is -1.60. The van der Waals surface area contributed by atoms with E-state index in [-0.39, 0.29) is 55.3 Å². The minimum atomic E-state index is -4.67. The van der Waals surface area contributed by atoms with Gasteiger partial charge in [-0.05, 0) is 124 Å². The first kappa shape index (κ1) is 52.2. The van der Waals surface area contributed by atoms with E-state index in [4.69, 9.17) is 46.4 Å². The number of carbonyl (C=O) groups excluding carboxylic acids is 6. The number of nitrogens with zero attached hydrogens (tertiary/aromatic N) is 4. The highest BCUT2D eigenvalue weighted by Crippen LogP contribution is 2.36. The highest BCUT2D eigenvalue weighted by atomic mass is 35.5. The van der Waals surface area contributed by atoms with Crippen molar-refractivity contribution in [1.29, 1.82) is 0 Å². The molecular weight excluding hydrogens is 992 g/mol. The highest BCUT2D eigenvalue weighted by molar-refractivity contribution is 6.37. The molecule has 0 aliphatic rings. The third-order valence-corrected chi connectivity index (χ3v) is 10.7. The lowest BCUT2D eigenvalue weighted by Gasteiger charge is -2.17. The smallest absolute Gasteiger partial charge is 0.324 e. The molecule has 0 saturated carbocycles. The van der Waals surface area contributed by atoms with E-state index in [1.807, 2.05) is 0 Å². The Kier molecular flexibility index (Phi) is 16.5. The number of benzene rings is 5. The molecule has 0 fully saturated rings. The largest absolute Gasteiger partial charge is 0.416 e. The van der Waals surface area contributed by atoms with Crippen LogP contribution in [0.1, 0.15) is 56.8 Å². The summed E-state index contributed by atoms with van der Waals surface area (Å²) in [4.78, 5) is 78.0. The number of rotatable bonds is 14. The first-order valence-electron chi connectivity index (χ1n) is 19.2. The number of nitrogens with one attached hydrogen (secondary N) is 4. The van der Waals surface area contributed by atoms with Crippen LogP contribution in [0.3, 0.4) is 0 Å². The van der Waals surface area contributed by atoms with E-state index >= 15 is 0 Å². The van der Waals surface area contributed by atoms with Gasteiger partial charge in [-0.2, -0.15) is 46.8 Å². The van der Waals surface area contributed by atoms with E-state index in [1.165, 1.54) is 36.4 Å². The first-order valence-corrected chi connectivity index (χ1v) is 20.8. The zero-order valence-electron chi connectivity index (χ0n) is 35.3. The lowest BCUT2D eigenvalue weighted by Crippen LogP contribution is -2.33. The van der Waals surface area contributed by atoms with Crippen LogP contribution in [0.25, 0.3) is 0 Å². The van der Waals surface area contributed by atoms with Crippen LogP contribution >= 0.6 is 46.4 Å². The minimum Gasteiger partial charge on any atom is -0.324 e. The van der Waals surface area contributed by atoms with Crippen LogP contribution < -0.4 is 21.3 Å². The van der Waals surface area contributed by atoms with Crippen LogP contribution in [0.5, 0.6) is 0 Å². The second-order valence-corrected chi connectivity index (χ2v) is 16.2. The molecule has 0 spiro atoms. The molecule has 5 rings (SSSR count). The van der Waals surface area contributed by atoms with Gasteiger partial charge in [0.2, 0.25) is 12.1 Å². The fourth-order valence-electron chi connectivity index (χ4n) is 5.98. The standard InChI is InChI=1S/C44H32Cl4F6N8O6/c1-19-13-27(55-41(67)37(21(3)63)61-59-25-7-9-30(45)28(17-25)39(65)56-34-11-5-23(15-32(34)47)43(49,50)51)14-20(2)36(19)58-42(68)38(22(4)64)62-60-26-8-10-31(46)29(18-26)40(66)57-35-12-6-24(16-33(35)48)44(52,53)54/h5-18,37-38H,1-4H3,(H,55,67)(H,56,65)(H,57,66)(H,58,68). The molecule has 0 saturated heterocycles. The summed E-state index contributed by atoms with van der Waals surface area (Å²) in [5, 5.41) is 24.6. The van der Waals surface area contributed by atoms with Gasteiger partial charge in [-0.3, -0.25) is 28.8 Å². The lowest BCUT2D eigenvalue weighted by molar-refractivity contribution is -0.138. The second-order valence-electron chi connectivity index (χ2n) is 14.5. The second kappa shape index (κ2) is 21.5. The maximum absolute atomic E-state index is 13.4. The Morgan fingerprint density at radius 3 is 1.24 bits per heavy atom. The number of hydrogen-bond acceptors (Lipinski definition) is 10. The molecule has 4 N–H and O–H groups in total. The van der Waals surface area contributed by atoms with Crippen molar-refractivity contribution < 1.29 is 55.1 Å². The van der Waals surface area contributed by atoms with Gasteiger partial charge in [0.25, 0.3) is 23.6 Å². The fraction of sp³-hybridized carbons (Fsp3) is 0.182. The monoisotopic (exact) mass is 1020 g/mol. The minimum absolute atomic E-state index is 0.0288. The van der Waals surface area contributed by atoms with Gasteiger partial charge in [0.05, 0.1) is 65.1 Å². The summed E-state index contributed by atoms with van der Waals surface area (Å²) < 4.78 is 78.4. The van der Waals surface area contributed by atoms with Gasteiger partial charge in [0, 0.05) is 11.4 Å². The van der Waals surface area contributed by atoms with Gasteiger partial charge in [0.1, 0.15) is 0 Å². The number of alkyl halides is 6. The Labute approximate surface area is 401 Å². The van der Waals surface area contributed by atoms with Crippen LogP contribution in [0.15, 0.2) is 105 Å². The number of Topliss-reactive ketones (excluding diaryl/α,β-unsaturated/α-hetero) is 2. The molecule has 0 heterocycles. The van der Waals surface area contributed by atoms with Gasteiger partial charge >= 0.3 is 12.4 Å². The summed E-state index contributed by atoms with van der Waals surface area (Å²) in [6.45, 7) is 5.32. The van der Waals surface area contributed by atoms with Crippen molar-refractivity contribution in [2.75, 3.05) is 21.3 Å². The molecule has 0 bridgehead atoms. The molecule has 5 aromatic carbocycles. The van der Waals surface area contributed by atoms with Crippen molar-refractivity contribution in [3.05, 3.63) is 138 Å². The van der Waals surface area contributed by atoms with Gasteiger partial charge < -0.3 is 21.3 Å². The van der Waals surface area contributed by atoms with Crippen molar-refractivity contribution in [1.82, 2.24) is 0 Å². The lowest BCUT2D eigenvalue weighted by atomic mass is 10.1. The average molecular weight is 1020 g/mol. The number of halogens is 10. The van der Waals surface area contributed by atoms with E-state index < -0.39 is 80.8 Å². The number of anilines is 4. The molecule has 5 aromatic rings. The number of azo groups is 2. The number of ketones is 2. The molecule has 68 heavy (non-hydrogen) atoms. The van der Waals surface area contributed by atoms with Crippen molar-refractivity contribution in [3.63, 3.8) is 0 Å². The summed E-state index contributed by atoms with van der Waals surface area (Å²) in [7, 11) is 0. The fourth-order valence-corrected chi connectivity index (χ4v) is 6.85. The Bertz CT molecular complexity index is 2910. The first-order chi connectivity index (χ1) is 31.7. The quantitative estimate of drug-likeness (QED) is 0.0484. The Hall–Kier alpha value is -6.74. The van der Waals surface area contributed by atoms with E-state index in [0.717, 1.165) is 50.2 Å². The van der Waals surface area contributed by atoms with E-state index in [2.05, 4.69) is 41.7 Å². The van der Waals surface area contributed by atoms with Crippen molar-refractivity contribution in [2.24, 2.45) is 20.5 Å². The topological polar surface area (TPSA) is 200 Å². The van der Waals surface area contributed by atoms with Crippen LogP contribution in [0.4, 0.5) is 60.5 Å². The van der Waals surface area contributed by atoms with Gasteiger partial charge in [-0.1, -0.05) is 46.4 Å². The summed E-state index contributed by atoms with van der Waals surface area (Å²) in [5.74, 6) is -5.00. The maximum Gasteiger partial charge on any atom is 0.416 e. The van der Waals surface area contributed by atoms with E-state index in [1.54, 1.807) is 13.8 Å².